The molecular weight excluding hydrogens is 272 g/mol. The van der Waals surface area contributed by atoms with Crippen LogP contribution in [0.3, 0.4) is 0 Å². The maximum atomic E-state index is 12.0. The number of aliphatic carboxylic acids is 1. The summed E-state index contributed by atoms with van der Waals surface area (Å²) in [5, 5.41) is 18.8. The fraction of sp³-hybridized carbons (Fsp3) is 0.867. The van der Waals surface area contributed by atoms with Crippen LogP contribution in [0.1, 0.15) is 40.0 Å². The van der Waals surface area contributed by atoms with Gasteiger partial charge in [0.05, 0.1) is 0 Å². The van der Waals surface area contributed by atoms with Gasteiger partial charge in [-0.15, -0.1) is 0 Å². The molecule has 2 N–H and O–H groups in total. The average molecular weight is 300 g/mol. The first kappa shape index (κ1) is 17.9. The van der Waals surface area contributed by atoms with Crippen LogP contribution in [0.2, 0.25) is 0 Å². The zero-order valence-electron chi connectivity index (χ0n) is 13.5. The number of hydrogen-bond donors (Lipinski definition) is 2. The van der Waals surface area contributed by atoms with E-state index in [0.29, 0.717) is 25.4 Å². The van der Waals surface area contributed by atoms with Crippen molar-refractivity contribution in [3.05, 3.63) is 0 Å². The minimum Gasteiger partial charge on any atom is -0.480 e. The van der Waals surface area contributed by atoms with E-state index in [1.165, 1.54) is 6.92 Å². The van der Waals surface area contributed by atoms with Crippen LogP contribution >= 0.6 is 0 Å². The van der Waals surface area contributed by atoms with Crippen molar-refractivity contribution in [3.63, 3.8) is 0 Å². The van der Waals surface area contributed by atoms with E-state index in [-0.39, 0.29) is 11.9 Å². The molecule has 1 aliphatic rings. The lowest BCUT2D eigenvalue weighted by atomic mass is 10.0. The predicted molar refractivity (Wildman–Crippen MR) is 79.9 cm³/mol. The monoisotopic (exact) mass is 300 g/mol. The van der Waals surface area contributed by atoms with E-state index in [1.807, 2.05) is 18.7 Å². The maximum Gasteiger partial charge on any atom is 0.320 e. The molecule has 0 bridgehead atoms. The van der Waals surface area contributed by atoms with Gasteiger partial charge in [0.15, 0.2) is 0 Å². The Morgan fingerprint density at radius 3 is 2.43 bits per heavy atom. The summed E-state index contributed by atoms with van der Waals surface area (Å²) in [4.78, 5) is 26.9. The lowest BCUT2D eigenvalue weighted by Crippen LogP contribution is -2.49. The van der Waals surface area contributed by atoms with Crippen LogP contribution in [-0.2, 0) is 9.59 Å². The largest absolute Gasteiger partial charge is 0.480 e. The summed E-state index contributed by atoms with van der Waals surface area (Å²) in [5.74, 6) is -0.786. The number of rotatable bonds is 7. The van der Waals surface area contributed by atoms with Crippen LogP contribution in [0.5, 0.6) is 0 Å². The number of aliphatic hydroxyl groups excluding tert-OH is 1. The first-order valence-corrected chi connectivity index (χ1v) is 7.65. The number of hydrogen-bond acceptors (Lipinski definition) is 4. The van der Waals surface area contributed by atoms with Crippen LogP contribution in [0.15, 0.2) is 0 Å². The number of amides is 1. The third-order valence-electron chi connectivity index (χ3n) is 4.03. The Balaban J connectivity index is 2.69. The normalized spacial score (nSPS) is 21.9. The summed E-state index contributed by atoms with van der Waals surface area (Å²) < 4.78 is 0. The number of carboxylic acid groups (broad SMARTS) is 1. The predicted octanol–water partition coefficient (Wildman–Crippen LogP) is 0.789. The lowest BCUT2D eigenvalue weighted by Gasteiger charge is -2.32. The van der Waals surface area contributed by atoms with Crippen LogP contribution in [-0.4, -0.2) is 70.2 Å². The molecule has 6 heteroatoms. The molecule has 0 aromatic carbocycles. The number of aliphatic hydroxyl groups is 1. The van der Waals surface area contributed by atoms with Gasteiger partial charge >= 0.3 is 5.97 Å². The summed E-state index contributed by atoms with van der Waals surface area (Å²) in [6.45, 7) is 6.65. The minimum absolute atomic E-state index is 0.00823. The first-order chi connectivity index (χ1) is 9.73. The average Bonchev–Trinajstić information content (AvgIpc) is 2.82. The van der Waals surface area contributed by atoms with Gasteiger partial charge in [-0.25, -0.2) is 0 Å². The molecule has 1 saturated heterocycles. The molecule has 0 aromatic rings. The molecule has 122 valence electrons. The van der Waals surface area contributed by atoms with Gasteiger partial charge in [0.1, 0.15) is 12.1 Å². The van der Waals surface area contributed by atoms with Crippen LogP contribution in [0.4, 0.5) is 0 Å². The van der Waals surface area contributed by atoms with Gasteiger partial charge in [-0.3, -0.25) is 14.5 Å². The van der Waals surface area contributed by atoms with E-state index in [9.17, 15) is 19.8 Å². The van der Waals surface area contributed by atoms with Gasteiger partial charge < -0.3 is 15.1 Å². The summed E-state index contributed by atoms with van der Waals surface area (Å²) in [6.07, 6.45) is 1.35. The standard InChI is InChI=1S/C15H28N2O4/c1-10(2)8-13(15(20)21)16(4)9-12-6-5-7-17(12)14(19)11(3)18/h10-13,18H,5-9H2,1-4H3,(H,20,21). The Kier molecular flexibility index (Phi) is 6.61. The Bertz CT molecular complexity index is 371. The van der Waals surface area contributed by atoms with Crippen molar-refractivity contribution in [3.8, 4) is 0 Å². The molecule has 1 heterocycles. The highest BCUT2D eigenvalue weighted by Crippen LogP contribution is 2.21. The Labute approximate surface area is 126 Å². The molecule has 3 unspecified atom stereocenters. The molecule has 6 nitrogen and oxygen atoms in total. The van der Waals surface area contributed by atoms with E-state index in [0.717, 1.165) is 12.8 Å². The number of carbonyl (C=O) groups is 2. The maximum absolute atomic E-state index is 12.0. The molecule has 0 saturated carbocycles. The quantitative estimate of drug-likeness (QED) is 0.726. The molecular formula is C15H28N2O4. The van der Waals surface area contributed by atoms with Crippen molar-refractivity contribution in [2.45, 2.75) is 58.2 Å². The van der Waals surface area contributed by atoms with Gasteiger partial charge in [-0.1, -0.05) is 13.8 Å². The summed E-state index contributed by atoms with van der Waals surface area (Å²) in [7, 11) is 1.80. The second-order valence-corrected chi connectivity index (χ2v) is 6.43. The van der Waals surface area contributed by atoms with Gasteiger partial charge in [0.2, 0.25) is 0 Å². The molecule has 0 aliphatic carbocycles. The van der Waals surface area contributed by atoms with Crippen molar-refractivity contribution in [2.24, 2.45) is 5.92 Å². The van der Waals surface area contributed by atoms with Gasteiger partial charge in [-0.05, 0) is 39.2 Å². The molecule has 0 radical (unpaired) electrons. The van der Waals surface area contributed by atoms with Gasteiger partial charge in [-0.2, -0.15) is 0 Å². The van der Waals surface area contributed by atoms with E-state index < -0.39 is 18.1 Å². The topological polar surface area (TPSA) is 81.1 Å². The fourth-order valence-electron chi connectivity index (χ4n) is 2.93. The Hall–Kier alpha value is -1.14. The van der Waals surface area contributed by atoms with Crippen molar-refractivity contribution < 1.29 is 19.8 Å². The fourth-order valence-corrected chi connectivity index (χ4v) is 2.93. The summed E-state index contributed by atoms with van der Waals surface area (Å²) in [6, 6.07) is -0.541. The lowest BCUT2D eigenvalue weighted by molar-refractivity contribution is -0.144. The minimum atomic E-state index is -0.998. The molecule has 1 fully saturated rings. The van der Waals surface area contributed by atoms with E-state index >= 15 is 0 Å². The molecule has 1 rings (SSSR count). The Morgan fingerprint density at radius 2 is 1.95 bits per heavy atom. The smallest absolute Gasteiger partial charge is 0.320 e. The van der Waals surface area contributed by atoms with Crippen molar-refractivity contribution in [1.82, 2.24) is 9.80 Å². The number of carboxylic acids is 1. The Morgan fingerprint density at radius 1 is 1.33 bits per heavy atom. The van der Waals surface area contributed by atoms with E-state index in [1.54, 1.807) is 11.9 Å². The van der Waals surface area contributed by atoms with Crippen molar-refractivity contribution in [1.29, 1.82) is 0 Å². The number of likely N-dealkylation sites (N-methyl/N-ethyl adjacent to an activating group) is 1. The number of nitrogens with zero attached hydrogens (tertiary/aromatic N) is 2. The molecule has 0 spiro atoms. The third kappa shape index (κ3) is 4.97. The van der Waals surface area contributed by atoms with Crippen LogP contribution in [0, 0.1) is 5.92 Å². The van der Waals surface area contributed by atoms with E-state index in [4.69, 9.17) is 0 Å². The molecule has 3 atom stereocenters. The number of likely N-dealkylation sites (tertiary alicyclic amines) is 1. The zero-order chi connectivity index (χ0) is 16.2. The molecule has 1 aliphatic heterocycles. The summed E-state index contributed by atoms with van der Waals surface area (Å²) >= 11 is 0. The highest BCUT2D eigenvalue weighted by atomic mass is 16.4. The van der Waals surface area contributed by atoms with Crippen LogP contribution < -0.4 is 0 Å². The molecule has 0 aromatic heterocycles. The summed E-state index contributed by atoms with van der Waals surface area (Å²) in [5.41, 5.74) is 0. The van der Waals surface area contributed by atoms with Gasteiger partial charge in [0.25, 0.3) is 5.91 Å². The van der Waals surface area contributed by atoms with Gasteiger partial charge in [0, 0.05) is 19.1 Å². The SMILES string of the molecule is CC(C)CC(C(=O)O)N(C)CC1CCCN1C(=O)C(C)O. The second kappa shape index (κ2) is 7.75. The van der Waals surface area contributed by atoms with Crippen LogP contribution in [0.25, 0.3) is 0 Å². The highest BCUT2D eigenvalue weighted by Gasteiger charge is 2.33. The highest BCUT2D eigenvalue weighted by molar-refractivity contribution is 5.80. The van der Waals surface area contributed by atoms with E-state index in [2.05, 4.69) is 0 Å². The molecule has 21 heavy (non-hydrogen) atoms. The molecule has 1 amide bonds. The van der Waals surface area contributed by atoms with Crippen molar-refractivity contribution >= 4 is 11.9 Å². The zero-order valence-corrected chi connectivity index (χ0v) is 13.5. The second-order valence-electron chi connectivity index (χ2n) is 6.43. The first-order valence-electron chi connectivity index (χ1n) is 7.65. The number of carbonyl (C=O) groups excluding carboxylic acids is 1. The third-order valence-corrected chi connectivity index (χ3v) is 4.03. The van der Waals surface area contributed by atoms with Crippen molar-refractivity contribution in [2.75, 3.05) is 20.1 Å².